The van der Waals surface area contributed by atoms with E-state index in [0.717, 1.165) is 13.0 Å². The van der Waals surface area contributed by atoms with Crippen LogP contribution in [0.2, 0.25) is 0 Å². The Morgan fingerprint density at radius 2 is 1.80 bits per heavy atom. The highest BCUT2D eigenvalue weighted by Crippen LogP contribution is 1.98. The number of hydrogen-bond acceptors (Lipinski definition) is 0. The molecule has 0 unspecified atom stereocenters. The first-order valence-electron chi connectivity index (χ1n) is 3.83. The molecule has 0 aliphatic heterocycles. The van der Waals surface area contributed by atoms with Gasteiger partial charge in [0.15, 0.2) is 0 Å². The maximum Gasteiger partial charge on any atom is 0.0219 e. The molecule has 0 aliphatic carbocycles. The Bertz CT molecular complexity index is 153. The average molecular weight is 136 g/mol. The Kier molecular flexibility index (Phi) is 3.07. The number of unbranched alkanes of at least 4 members (excludes halogenated alkanes) is 2. The van der Waals surface area contributed by atoms with Crippen LogP contribution in [0.5, 0.6) is 0 Å². The highest BCUT2D eigenvalue weighted by molar-refractivity contribution is 4.89. The normalized spacial score (nSPS) is 10.1. The molecule has 0 bridgehead atoms. The van der Waals surface area contributed by atoms with E-state index >= 15 is 0 Å². The molecule has 55 valence electrons. The van der Waals surface area contributed by atoms with Crippen molar-refractivity contribution < 1.29 is 0 Å². The Balaban J connectivity index is 2.15. The van der Waals surface area contributed by atoms with Crippen molar-refractivity contribution in [2.45, 2.75) is 25.8 Å². The Morgan fingerprint density at radius 3 is 2.40 bits per heavy atom. The van der Waals surface area contributed by atoms with E-state index in [1.165, 1.54) is 12.8 Å². The predicted molar refractivity (Wildman–Crippen MR) is 43.6 cm³/mol. The molecule has 0 aliphatic rings. The second kappa shape index (κ2) is 4.15. The van der Waals surface area contributed by atoms with Crippen LogP contribution in [0.25, 0.3) is 0 Å². The topological polar surface area (TPSA) is 4.93 Å². The summed E-state index contributed by atoms with van der Waals surface area (Å²) in [5, 5.41) is 0. The predicted octanol–water partition coefficient (Wildman–Crippen LogP) is 2.49. The van der Waals surface area contributed by atoms with Crippen LogP contribution < -0.4 is 0 Å². The third-order valence-electron chi connectivity index (χ3n) is 1.58. The smallest absolute Gasteiger partial charge is 0.0219 e. The first-order valence-corrected chi connectivity index (χ1v) is 3.83. The molecule has 1 heterocycles. The van der Waals surface area contributed by atoms with Crippen LogP contribution in [0.1, 0.15) is 19.3 Å². The summed E-state index contributed by atoms with van der Waals surface area (Å²) in [6, 6.07) is 4.12. The van der Waals surface area contributed by atoms with Gasteiger partial charge >= 0.3 is 0 Å². The average Bonchev–Trinajstić information content (AvgIpc) is 2.41. The molecule has 0 spiro atoms. The van der Waals surface area contributed by atoms with Gasteiger partial charge in [-0.05, 0) is 18.6 Å². The van der Waals surface area contributed by atoms with Crippen LogP contribution in [0, 0.1) is 6.92 Å². The molecule has 10 heavy (non-hydrogen) atoms. The number of aryl methyl sites for hydroxylation is 1. The summed E-state index contributed by atoms with van der Waals surface area (Å²) >= 11 is 0. The van der Waals surface area contributed by atoms with E-state index < -0.39 is 0 Å². The van der Waals surface area contributed by atoms with E-state index in [9.17, 15) is 0 Å². The molecule has 0 fully saturated rings. The van der Waals surface area contributed by atoms with Gasteiger partial charge < -0.3 is 4.57 Å². The Hall–Kier alpha value is -0.720. The minimum Gasteiger partial charge on any atom is -0.354 e. The summed E-state index contributed by atoms with van der Waals surface area (Å²) in [4.78, 5) is 0. The fourth-order valence-electron chi connectivity index (χ4n) is 0.990. The molecule has 1 rings (SSSR count). The van der Waals surface area contributed by atoms with Crippen LogP contribution in [-0.4, -0.2) is 4.57 Å². The lowest BCUT2D eigenvalue weighted by Crippen LogP contribution is -1.92. The molecular weight excluding hydrogens is 122 g/mol. The summed E-state index contributed by atoms with van der Waals surface area (Å²) in [6.45, 7) is 4.94. The van der Waals surface area contributed by atoms with E-state index in [-0.39, 0.29) is 0 Å². The van der Waals surface area contributed by atoms with Gasteiger partial charge in [-0.2, -0.15) is 0 Å². The molecule has 1 aromatic heterocycles. The number of aromatic nitrogens is 1. The van der Waals surface area contributed by atoms with Crippen molar-refractivity contribution in [3.05, 3.63) is 31.5 Å². The zero-order chi connectivity index (χ0) is 7.23. The van der Waals surface area contributed by atoms with Gasteiger partial charge in [-0.1, -0.05) is 19.8 Å². The van der Waals surface area contributed by atoms with Gasteiger partial charge in [0.05, 0.1) is 0 Å². The first kappa shape index (κ1) is 7.39. The van der Waals surface area contributed by atoms with Crippen LogP contribution in [0.3, 0.4) is 0 Å². The van der Waals surface area contributed by atoms with Crippen molar-refractivity contribution in [3.8, 4) is 0 Å². The molecule has 0 amide bonds. The van der Waals surface area contributed by atoms with E-state index in [4.69, 9.17) is 0 Å². The largest absolute Gasteiger partial charge is 0.354 e. The lowest BCUT2D eigenvalue weighted by atomic mass is 10.2. The molecule has 0 atom stereocenters. The van der Waals surface area contributed by atoms with Crippen molar-refractivity contribution in [1.82, 2.24) is 4.57 Å². The number of hydrogen-bond donors (Lipinski definition) is 0. The third kappa shape index (κ3) is 2.26. The van der Waals surface area contributed by atoms with Crippen molar-refractivity contribution >= 4 is 0 Å². The van der Waals surface area contributed by atoms with Crippen LogP contribution in [-0.2, 0) is 6.54 Å². The Labute approximate surface area is 62.7 Å². The van der Waals surface area contributed by atoms with Gasteiger partial charge in [0.2, 0.25) is 0 Å². The zero-order valence-corrected chi connectivity index (χ0v) is 6.29. The fourth-order valence-corrected chi connectivity index (χ4v) is 0.990. The van der Waals surface area contributed by atoms with Crippen LogP contribution in [0.15, 0.2) is 24.5 Å². The molecular formula is C9H14N. The summed E-state index contributed by atoms with van der Waals surface area (Å²) in [5.41, 5.74) is 0. The minimum absolute atomic E-state index is 1.06. The molecule has 1 radical (unpaired) electrons. The van der Waals surface area contributed by atoms with Crippen molar-refractivity contribution in [2.75, 3.05) is 0 Å². The second-order valence-corrected chi connectivity index (χ2v) is 2.48. The first-order chi connectivity index (χ1) is 4.93. The second-order valence-electron chi connectivity index (χ2n) is 2.48. The molecule has 1 heteroatoms. The molecule has 0 saturated carbocycles. The van der Waals surface area contributed by atoms with Gasteiger partial charge in [0.25, 0.3) is 0 Å². The maximum absolute atomic E-state index is 3.80. The lowest BCUT2D eigenvalue weighted by molar-refractivity contribution is 0.616. The standard InChI is InChI=1S/C9H14N/c1-2-3-4-7-10-8-5-6-9-10/h5-6,8-9H,1-4,7H2. The van der Waals surface area contributed by atoms with Crippen molar-refractivity contribution in [1.29, 1.82) is 0 Å². The van der Waals surface area contributed by atoms with E-state index in [0.29, 0.717) is 0 Å². The third-order valence-corrected chi connectivity index (χ3v) is 1.58. The molecule has 0 N–H and O–H groups in total. The summed E-state index contributed by atoms with van der Waals surface area (Å²) in [7, 11) is 0. The van der Waals surface area contributed by atoms with Gasteiger partial charge in [-0.3, -0.25) is 0 Å². The quantitative estimate of drug-likeness (QED) is 0.560. The van der Waals surface area contributed by atoms with E-state index in [1.807, 2.05) is 0 Å². The molecule has 1 nitrogen and oxygen atoms in total. The van der Waals surface area contributed by atoms with Crippen molar-refractivity contribution in [2.24, 2.45) is 0 Å². The monoisotopic (exact) mass is 136 g/mol. The van der Waals surface area contributed by atoms with Gasteiger partial charge in [-0.25, -0.2) is 0 Å². The summed E-state index contributed by atoms with van der Waals surface area (Å²) in [6.07, 6.45) is 7.74. The van der Waals surface area contributed by atoms with Gasteiger partial charge in [-0.15, -0.1) is 0 Å². The van der Waals surface area contributed by atoms with Crippen LogP contribution in [0.4, 0.5) is 0 Å². The zero-order valence-electron chi connectivity index (χ0n) is 6.29. The number of nitrogens with zero attached hydrogens (tertiary/aromatic N) is 1. The number of rotatable bonds is 4. The maximum atomic E-state index is 3.80. The summed E-state index contributed by atoms with van der Waals surface area (Å²) < 4.78 is 2.20. The van der Waals surface area contributed by atoms with Crippen molar-refractivity contribution in [3.63, 3.8) is 0 Å². The van der Waals surface area contributed by atoms with Gasteiger partial charge in [0, 0.05) is 18.9 Å². The van der Waals surface area contributed by atoms with Crippen LogP contribution >= 0.6 is 0 Å². The molecule has 0 saturated heterocycles. The van der Waals surface area contributed by atoms with E-state index in [2.05, 4.69) is 36.0 Å². The Morgan fingerprint density at radius 1 is 1.10 bits per heavy atom. The fraction of sp³-hybridized carbons (Fsp3) is 0.444. The summed E-state index contributed by atoms with van der Waals surface area (Å²) in [5.74, 6) is 0. The van der Waals surface area contributed by atoms with E-state index in [1.54, 1.807) is 0 Å². The molecule has 0 aromatic carbocycles. The van der Waals surface area contributed by atoms with Gasteiger partial charge in [0.1, 0.15) is 0 Å². The molecule has 1 aromatic rings. The minimum atomic E-state index is 1.06. The SMILES string of the molecule is [CH2]CCCCn1cccc1. The highest BCUT2D eigenvalue weighted by atomic mass is 14.9. The lowest BCUT2D eigenvalue weighted by Gasteiger charge is -1.99. The highest BCUT2D eigenvalue weighted by Gasteiger charge is 1.86.